The molecule has 1 rings (SSSR count). The molecule has 2 N–H and O–H groups in total. The van der Waals surface area contributed by atoms with E-state index in [1.807, 2.05) is 6.26 Å². The second kappa shape index (κ2) is 7.96. The van der Waals surface area contributed by atoms with Crippen molar-refractivity contribution in [2.45, 2.75) is 19.1 Å². The maximum Gasteiger partial charge on any atom is 0.289 e. The average molecular weight is 300 g/mol. The third kappa shape index (κ3) is 4.90. The minimum absolute atomic E-state index is 0.149. The van der Waals surface area contributed by atoms with Crippen LogP contribution in [0.25, 0.3) is 0 Å². The number of aliphatic hydroxyl groups excluding tert-OH is 1. The number of thioether (sulfide) groups is 1. The van der Waals surface area contributed by atoms with Crippen LogP contribution < -0.4 is 5.32 Å². The number of aliphatic hydroxyl groups is 1. The summed E-state index contributed by atoms with van der Waals surface area (Å²) in [5.41, 5.74) is 0. The van der Waals surface area contributed by atoms with Crippen LogP contribution in [0.4, 0.5) is 0 Å². The van der Waals surface area contributed by atoms with Crippen LogP contribution in [0.15, 0.2) is 16.5 Å². The summed E-state index contributed by atoms with van der Waals surface area (Å²) in [6.07, 6.45) is 1.31. The molecule has 0 saturated heterocycles. The number of nitrogens with one attached hydrogen (secondary N) is 1. The average Bonchev–Trinajstić information content (AvgIpc) is 2.89. The van der Waals surface area contributed by atoms with Crippen LogP contribution >= 0.6 is 11.8 Å². The van der Waals surface area contributed by atoms with Crippen LogP contribution in [-0.4, -0.2) is 54.0 Å². The molecule has 7 heteroatoms. The summed E-state index contributed by atoms with van der Waals surface area (Å²) in [5.74, 6) is 0.748. The van der Waals surface area contributed by atoms with Gasteiger partial charge >= 0.3 is 0 Å². The van der Waals surface area contributed by atoms with E-state index in [2.05, 4.69) is 5.32 Å². The van der Waals surface area contributed by atoms with Crippen LogP contribution in [0, 0.1) is 0 Å². The Morgan fingerprint density at radius 3 is 2.75 bits per heavy atom. The first-order chi connectivity index (χ1) is 9.45. The maximum absolute atomic E-state index is 11.6. The van der Waals surface area contributed by atoms with Gasteiger partial charge in [-0.05, 0) is 30.6 Å². The highest BCUT2D eigenvalue weighted by Gasteiger charge is 2.16. The van der Waals surface area contributed by atoms with Gasteiger partial charge in [0.1, 0.15) is 11.9 Å². The van der Waals surface area contributed by atoms with E-state index < -0.39 is 12.0 Å². The highest BCUT2D eigenvalue weighted by molar-refractivity contribution is 7.98. The van der Waals surface area contributed by atoms with Gasteiger partial charge in [-0.25, -0.2) is 0 Å². The topological polar surface area (TPSA) is 82.8 Å². The van der Waals surface area contributed by atoms with Crippen molar-refractivity contribution in [1.29, 1.82) is 0 Å². The number of furan rings is 1. The zero-order chi connectivity index (χ0) is 15.1. The minimum Gasteiger partial charge on any atom is -0.454 e. The van der Waals surface area contributed by atoms with Gasteiger partial charge in [-0.15, -0.1) is 0 Å². The Morgan fingerprint density at radius 2 is 2.15 bits per heavy atom. The molecule has 1 unspecified atom stereocenters. The van der Waals surface area contributed by atoms with Gasteiger partial charge in [0.2, 0.25) is 5.91 Å². The van der Waals surface area contributed by atoms with E-state index in [-0.39, 0.29) is 18.2 Å². The zero-order valence-corrected chi connectivity index (χ0v) is 12.7. The lowest BCUT2D eigenvalue weighted by molar-refractivity contribution is -0.129. The third-order valence-corrected chi connectivity index (χ3v) is 3.26. The van der Waals surface area contributed by atoms with Crippen LogP contribution in [-0.2, 0) is 11.3 Å². The summed E-state index contributed by atoms with van der Waals surface area (Å²) in [6.45, 7) is 0.149. The molecule has 0 aliphatic carbocycles. The third-order valence-electron chi connectivity index (χ3n) is 2.61. The van der Waals surface area contributed by atoms with E-state index in [1.165, 1.54) is 4.90 Å². The van der Waals surface area contributed by atoms with Crippen molar-refractivity contribution in [3.05, 3.63) is 23.7 Å². The van der Waals surface area contributed by atoms with Crippen molar-refractivity contribution >= 4 is 23.6 Å². The van der Waals surface area contributed by atoms with Gasteiger partial charge in [0.05, 0.1) is 6.54 Å². The van der Waals surface area contributed by atoms with Crippen LogP contribution in [0.2, 0.25) is 0 Å². The van der Waals surface area contributed by atoms with Gasteiger partial charge in [0, 0.05) is 14.1 Å². The molecule has 0 fully saturated rings. The lowest BCUT2D eigenvalue weighted by atomic mass is 10.2. The lowest BCUT2D eigenvalue weighted by Crippen LogP contribution is -2.34. The smallest absolute Gasteiger partial charge is 0.289 e. The summed E-state index contributed by atoms with van der Waals surface area (Å²) >= 11 is 1.57. The van der Waals surface area contributed by atoms with E-state index in [1.54, 1.807) is 38.0 Å². The van der Waals surface area contributed by atoms with E-state index in [0.717, 1.165) is 5.75 Å². The first-order valence-corrected chi connectivity index (χ1v) is 7.60. The molecule has 1 aromatic rings. The van der Waals surface area contributed by atoms with Crippen molar-refractivity contribution in [1.82, 2.24) is 10.2 Å². The number of carbonyl (C=O) groups is 2. The van der Waals surface area contributed by atoms with Gasteiger partial charge in [0.15, 0.2) is 5.76 Å². The van der Waals surface area contributed by atoms with E-state index in [9.17, 15) is 14.7 Å². The number of hydrogen-bond acceptors (Lipinski definition) is 5. The van der Waals surface area contributed by atoms with Crippen LogP contribution in [0.3, 0.4) is 0 Å². The van der Waals surface area contributed by atoms with Crippen molar-refractivity contribution < 1.29 is 19.1 Å². The first-order valence-electron chi connectivity index (χ1n) is 6.20. The largest absolute Gasteiger partial charge is 0.454 e. The Kier molecular flexibility index (Phi) is 6.60. The van der Waals surface area contributed by atoms with Crippen molar-refractivity contribution in [3.8, 4) is 0 Å². The monoisotopic (exact) mass is 300 g/mol. The molecular formula is C13H20N2O4S. The lowest BCUT2D eigenvalue weighted by Gasteiger charge is -2.09. The molecule has 0 aliphatic rings. The van der Waals surface area contributed by atoms with Gasteiger partial charge < -0.3 is 19.7 Å². The molecule has 0 aromatic carbocycles. The minimum atomic E-state index is -1.01. The van der Waals surface area contributed by atoms with Gasteiger partial charge in [-0.3, -0.25) is 9.59 Å². The Labute approximate surface area is 122 Å². The molecule has 0 bridgehead atoms. The second-order valence-electron chi connectivity index (χ2n) is 4.48. The summed E-state index contributed by atoms with van der Waals surface area (Å²) in [7, 11) is 3.27. The molecule has 0 aliphatic heterocycles. The quantitative estimate of drug-likeness (QED) is 0.775. The molecule has 0 spiro atoms. The SMILES string of the molecule is CSCCC(O)C(=O)NCc1ccc(C(=O)N(C)C)o1. The summed E-state index contributed by atoms with van der Waals surface area (Å²) in [5, 5.41) is 12.1. The van der Waals surface area contributed by atoms with Gasteiger partial charge in [-0.2, -0.15) is 11.8 Å². The highest BCUT2D eigenvalue weighted by Crippen LogP contribution is 2.09. The fraction of sp³-hybridized carbons (Fsp3) is 0.538. The number of hydrogen-bond donors (Lipinski definition) is 2. The van der Waals surface area contributed by atoms with E-state index in [0.29, 0.717) is 12.2 Å². The summed E-state index contributed by atoms with van der Waals surface area (Å²) in [4.78, 5) is 24.6. The number of nitrogens with zero attached hydrogens (tertiary/aromatic N) is 1. The predicted octanol–water partition coefficient (Wildman–Crippen LogP) is 0.712. The highest BCUT2D eigenvalue weighted by atomic mass is 32.2. The summed E-state index contributed by atoms with van der Waals surface area (Å²) < 4.78 is 5.33. The van der Waals surface area contributed by atoms with Crippen molar-refractivity contribution in [2.24, 2.45) is 0 Å². The molecule has 2 amide bonds. The van der Waals surface area contributed by atoms with Crippen molar-refractivity contribution in [2.75, 3.05) is 26.1 Å². The fourth-order valence-electron chi connectivity index (χ4n) is 1.46. The standard InChI is InChI=1S/C13H20N2O4S/c1-15(2)13(18)11-5-4-9(19-11)8-14-12(17)10(16)6-7-20-3/h4-5,10,16H,6-8H2,1-3H3,(H,14,17). The molecular weight excluding hydrogens is 280 g/mol. The number of amides is 2. The Hall–Kier alpha value is -1.47. The molecule has 1 atom stereocenters. The molecule has 0 radical (unpaired) electrons. The molecule has 0 saturated carbocycles. The Bertz CT molecular complexity index is 459. The molecule has 1 aromatic heterocycles. The Morgan fingerprint density at radius 1 is 1.45 bits per heavy atom. The van der Waals surface area contributed by atoms with E-state index >= 15 is 0 Å². The fourth-order valence-corrected chi connectivity index (χ4v) is 1.92. The maximum atomic E-state index is 11.6. The molecule has 20 heavy (non-hydrogen) atoms. The predicted molar refractivity (Wildman–Crippen MR) is 77.6 cm³/mol. The number of rotatable bonds is 7. The second-order valence-corrected chi connectivity index (χ2v) is 5.47. The molecule has 1 heterocycles. The zero-order valence-electron chi connectivity index (χ0n) is 11.9. The van der Waals surface area contributed by atoms with Crippen LogP contribution in [0.1, 0.15) is 22.7 Å². The first kappa shape index (κ1) is 16.6. The van der Waals surface area contributed by atoms with E-state index in [4.69, 9.17) is 4.42 Å². The summed E-state index contributed by atoms with van der Waals surface area (Å²) in [6, 6.07) is 3.19. The Balaban J connectivity index is 2.46. The molecule has 112 valence electrons. The molecule has 6 nitrogen and oxygen atoms in total. The normalized spacial score (nSPS) is 12.0. The van der Waals surface area contributed by atoms with Gasteiger partial charge in [-0.1, -0.05) is 0 Å². The van der Waals surface area contributed by atoms with Crippen molar-refractivity contribution in [3.63, 3.8) is 0 Å². The van der Waals surface area contributed by atoms with Gasteiger partial charge in [0.25, 0.3) is 5.91 Å². The van der Waals surface area contributed by atoms with Crippen LogP contribution in [0.5, 0.6) is 0 Å². The number of carbonyl (C=O) groups excluding carboxylic acids is 2.